The molecular weight excluding hydrogens is 449 g/mol. The van der Waals surface area contributed by atoms with Crippen molar-refractivity contribution in [2.75, 3.05) is 12.4 Å². The Morgan fingerprint density at radius 3 is 2.49 bits per heavy atom. The van der Waals surface area contributed by atoms with Crippen LogP contribution in [0, 0.1) is 5.82 Å². The third kappa shape index (κ3) is 5.85. The number of halogens is 1. The number of pyridine rings is 1. The predicted molar refractivity (Wildman–Crippen MR) is 134 cm³/mol. The first-order chi connectivity index (χ1) is 16.9. The summed E-state index contributed by atoms with van der Waals surface area (Å²) < 4.78 is 21.8. The second kappa shape index (κ2) is 11.2. The quantitative estimate of drug-likeness (QED) is 0.510. The van der Waals surface area contributed by atoms with E-state index in [-0.39, 0.29) is 41.5 Å². The van der Waals surface area contributed by atoms with E-state index < -0.39 is 17.2 Å². The fourth-order valence-corrected chi connectivity index (χ4v) is 5.40. The average Bonchev–Trinajstić information content (AvgIpc) is 3.39. The van der Waals surface area contributed by atoms with E-state index in [1.807, 2.05) is 4.57 Å². The Morgan fingerprint density at radius 1 is 1.11 bits per heavy atom. The van der Waals surface area contributed by atoms with Crippen LogP contribution in [0.3, 0.4) is 0 Å². The average molecular weight is 486 g/mol. The number of esters is 1. The van der Waals surface area contributed by atoms with Crippen LogP contribution in [-0.2, 0) is 9.53 Å². The lowest BCUT2D eigenvalue weighted by molar-refractivity contribution is -0.140. The molecule has 1 aromatic carbocycles. The number of fused-ring (bicyclic) bond motifs is 1. The number of nitrogens with one attached hydrogen (secondary N) is 2. The number of hydrogen-bond donors (Lipinski definition) is 2. The zero-order chi connectivity index (χ0) is 24.9. The van der Waals surface area contributed by atoms with Crippen molar-refractivity contribution >= 4 is 28.5 Å². The zero-order valence-electron chi connectivity index (χ0n) is 20.7. The van der Waals surface area contributed by atoms with Gasteiger partial charge < -0.3 is 19.9 Å². The summed E-state index contributed by atoms with van der Waals surface area (Å²) in [6.45, 7) is 1.78. The molecule has 35 heavy (non-hydrogen) atoms. The topological polar surface area (TPSA) is 89.4 Å². The van der Waals surface area contributed by atoms with Crippen molar-refractivity contribution < 1.29 is 18.7 Å². The van der Waals surface area contributed by atoms with Gasteiger partial charge in [0.05, 0.1) is 18.3 Å². The third-order valence-electron chi connectivity index (χ3n) is 7.44. The van der Waals surface area contributed by atoms with Crippen molar-refractivity contribution in [3.8, 4) is 0 Å². The second-order valence-electron chi connectivity index (χ2n) is 10.0. The first kappa shape index (κ1) is 25.2. The number of anilines is 1. The molecule has 2 fully saturated rings. The van der Waals surface area contributed by atoms with Gasteiger partial charge >= 0.3 is 5.97 Å². The minimum Gasteiger partial charge on any atom is -0.469 e. The number of hydrogen-bond acceptors (Lipinski definition) is 5. The number of carbonyl (C=O) groups excluding carboxylic acids is 2. The number of amides is 1. The smallest absolute Gasteiger partial charge is 0.305 e. The van der Waals surface area contributed by atoms with E-state index >= 15 is 4.39 Å². The maximum Gasteiger partial charge on any atom is 0.305 e. The first-order valence-electron chi connectivity index (χ1n) is 12.9. The van der Waals surface area contributed by atoms with Gasteiger partial charge in [-0.25, -0.2) is 4.39 Å². The summed E-state index contributed by atoms with van der Waals surface area (Å²) in [5.41, 5.74) is 0.609. The molecule has 0 bridgehead atoms. The summed E-state index contributed by atoms with van der Waals surface area (Å²) in [6, 6.07) is 3.11. The maximum absolute atomic E-state index is 15.2. The Hall–Kier alpha value is -2.90. The lowest BCUT2D eigenvalue weighted by Crippen LogP contribution is -2.36. The molecule has 0 radical (unpaired) electrons. The number of aromatic nitrogens is 1. The van der Waals surface area contributed by atoms with Crippen LogP contribution in [0.15, 0.2) is 23.1 Å². The van der Waals surface area contributed by atoms with E-state index in [9.17, 15) is 14.4 Å². The summed E-state index contributed by atoms with van der Waals surface area (Å²) in [7, 11) is 1.32. The Balaban J connectivity index is 1.68. The highest BCUT2D eigenvalue weighted by molar-refractivity contribution is 5.98. The molecule has 4 rings (SSSR count). The van der Waals surface area contributed by atoms with Crippen LogP contribution in [0.4, 0.5) is 10.1 Å². The first-order valence-corrected chi connectivity index (χ1v) is 12.9. The molecule has 0 saturated heterocycles. The van der Waals surface area contributed by atoms with Crippen molar-refractivity contribution in [3.05, 3.63) is 39.9 Å². The SMILES string of the molecule is COC(=O)CC[C@@H](C)NC(=O)c1cn(C2CCCC2)c2cc(NC3CCCCC3)c(F)cc2c1=O. The summed E-state index contributed by atoms with van der Waals surface area (Å²) in [6.07, 6.45) is 11.8. The molecule has 2 saturated carbocycles. The lowest BCUT2D eigenvalue weighted by atomic mass is 9.95. The van der Waals surface area contributed by atoms with E-state index in [2.05, 4.69) is 15.4 Å². The number of benzene rings is 1. The molecule has 2 N–H and O–H groups in total. The summed E-state index contributed by atoms with van der Waals surface area (Å²) in [5, 5.41) is 6.40. The molecule has 1 atom stereocenters. The molecule has 0 aliphatic heterocycles. The van der Waals surface area contributed by atoms with E-state index in [1.165, 1.54) is 19.6 Å². The number of ether oxygens (including phenoxy) is 1. The van der Waals surface area contributed by atoms with Gasteiger partial charge in [-0.05, 0) is 51.2 Å². The lowest BCUT2D eigenvalue weighted by Gasteiger charge is -2.25. The van der Waals surface area contributed by atoms with Gasteiger partial charge in [0.15, 0.2) is 0 Å². The maximum atomic E-state index is 15.2. The van der Waals surface area contributed by atoms with E-state index in [0.29, 0.717) is 17.6 Å². The fourth-order valence-electron chi connectivity index (χ4n) is 5.40. The van der Waals surface area contributed by atoms with Crippen molar-refractivity contribution in [2.45, 2.75) is 95.7 Å². The standard InChI is InChI=1S/C27H36FN3O4/c1-17(12-13-25(32)35-2)29-27(34)21-16-31(19-10-6-7-11-19)24-15-23(22(28)14-20(24)26(21)33)30-18-8-4-3-5-9-18/h14-19,30H,3-13H2,1-2H3,(H,29,34)/t17-/m1/s1. The Labute approximate surface area is 205 Å². The van der Waals surface area contributed by atoms with Gasteiger partial charge in [-0.3, -0.25) is 14.4 Å². The highest BCUT2D eigenvalue weighted by Gasteiger charge is 2.25. The van der Waals surface area contributed by atoms with Crippen LogP contribution >= 0.6 is 0 Å². The van der Waals surface area contributed by atoms with E-state index in [1.54, 1.807) is 19.2 Å². The molecule has 0 unspecified atom stereocenters. The van der Waals surface area contributed by atoms with Crippen LogP contribution in [0.25, 0.3) is 10.9 Å². The summed E-state index contributed by atoms with van der Waals surface area (Å²) in [4.78, 5) is 37.8. The van der Waals surface area contributed by atoms with E-state index in [0.717, 1.165) is 51.4 Å². The van der Waals surface area contributed by atoms with Crippen molar-refractivity contribution in [2.24, 2.45) is 0 Å². The van der Waals surface area contributed by atoms with Gasteiger partial charge in [0, 0.05) is 36.1 Å². The van der Waals surface area contributed by atoms with Gasteiger partial charge in [0.2, 0.25) is 5.43 Å². The van der Waals surface area contributed by atoms with Gasteiger partial charge in [-0.15, -0.1) is 0 Å². The number of methoxy groups -OCH3 is 1. The van der Waals surface area contributed by atoms with Crippen molar-refractivity contribution in [3.63, 3.8) is 0 Å². The van der Waals surface area contributed by atoms with Gasteiger partial charge in [0.25, 0.3) is 5.91 Å². The number of rotatable bonds is 8. The monoisotopic (exact) mass is 485 g/mol. The molecule has 2 aliphatic rings. The highest BCUT2D eigenvalue weighted by atomic mass is 19.1. The summed E-state index contributed by atoms with van der Waals surface area (Å²) in [5.74, 6) is -1.33. The molecule has 2 aliphatic carbocycles. The van der Waals surface area contributed by atoms with Gasteiger partial charge in [0.1, 0.15) is 11.4 Å². The Morgan fingerprint density at radius 2 is 1.80 bits per heavy atom. The predicted octanol–water partition coefficient (Wildman–Crippen LogP) is 5.07. The molecule has 2 aromatic rings. The highest BCUT2D eigenvalue weighted by Crippen LogP contribution is 2.34. The molecule has 7 nitrogen and oxygen atoms in total. The molecule has 8 heteroatoms. The number of nitrogens with zero attached hydrogens (tertiary/aromatic N) is 1. The van der Waals surface area contributed by atoms with E-state index in [4.69, 9.17) is 0 Å². The molecule has 1 heterocycles. The minimum atomic E-state index is -0.508. The summed E-state index contributed by atoms with van der Waals surface area (Å²) >= 11 is 0. The molecule has 190 valence electrons. The Kier molecular flexibility index (Phi) is 8.08. The largest absolute Gasteiger partial charge is 0.469 e. The molecule has 0 spiro atoms. The van der Waals surface area contributed by atoms with Gasteiger partial charge in [-0.2, -0.15) is 0 Å². The van der Waals surface area contributed by atoms with Crippen LogP contribution < -0.4 is 16.1 Å². The molecular formula is C27H36FN3O4. The fraction of sp³-hybridized carbons (Fsp3) is 0.593. The molecule has 1 amide bonds. The van der Waals surface area contributed by atoms with Crippen LogP contribution in [0.5, 0.6) is 0 Å². The van der Waals surface area contributed by atoms with Crippen LogP contribution in [-0.4, -0.2) is 35.6 Å². The molecule has 1 aromatic heterocycles. The zero-order valence-corrected chi connectivity index (χ0v) is 20.7. The minimum absolute atomic E-state index is 0.00158. The Bertz CT molecular complexity index is 1130. The van der Waals surface area contributed by atoms with Crippen molar-refractivity contribution in [1.82, 2.24) is 9.88 Å². The number of carbonyl (C=O) groups is 2. The van der Waals surface area contributed by atoms with Gasteiger partial charge in [-0.1, -0.05) is 32.1 Å². The third-order valence-corrected chi connectivity index (χ3v) is 7.44. The van der Waals surface area contributed by atoms with Crippen LogP contribution in [0.2, 0.25) is 0 Å². The van der Waals surface area contributed by atoms with Crippen molar-refractivity contribution in [1.29, 1.82) is 0 Å². The second-order valence-corrected chi connectivity index (χ2v) is 10.0. The van der Waals surface area contributed by atoms with Crippen LogP contribution in [0.1, 0.15) is 94.0 Å². The normalized spacial score (nSPS) is 17.9.